The van der Waals surface area contributed by atoms with Crippen molar-refractivity contribution in [1.82, 2.24) is 15.0 Å². The first-order valence-electron chi connectivity index (χ1n) is 5.84. The van der Waals surface area contributed by atoms with Gasteiger partial charge < -0.3 is 4.57 Å². The Hall–Kier alpha value is -1.75. The number of hydroxylamine groups is 1. The predicted octanol–water partition coefficient (Wildman–Crippen LogP) is 3.85. The molecule has 20 heavy (non-hydrogen) atoms. The predicted molar refractivity (Wildman–Crippen MR) is 82.1 cm³/mol. The quantitative estimate of drug-likeness (QED) is 0.500. The van der Waals surface area contributed by atoms with Crippen LogP contribution in [-0.4, -0.2) is 16.2 Å². The molecular weight excluding hydrogens is 297 g/mol. The molecule has 0 saturated carbocycles. The zero-order valence-electron chi connectivity index (χ0n) is 10.6. The summed E-state index contributed by atoms with van der Waals surface area (Å²) in [6.07, 6.45) is 8.61. The number of rotatable bonds is 6. The van der Waals surface area contributed by atoms with E-state index in [1.165, 1.54) is 0 Å². The minimum absolute atomic E-state index is 0.368. The summed E-state index contributed by atoms with van der Waals surface area (Å²) in [5.74, 6) is 0. The monoisotopic (exact) mass is 309 g/mol. The molecule has 0 aliphatic heterocycles. The molecule has 0 atom stereocenters. The van der Waals surface area contributed by atoms with E-state index in [2.05, 4.69) is 17.0 Å². The lowest BCUT2D eigenvalue weighted by molar-refractivity contribution is 0.104. The van der Waals surface area contributed by atoms with Gasteiger partial charge in [-0.2, -0.15) is 0 Å². The molecule has 1 aromatic carbocycles. The summed E-state index contributed by atoms with van der Waals surface area (Å²) in [6, 6.07) is 5.26. The van der Waals surface area contributed by atoms with Gasteiger partial charge in [0.15, 0.2) is 0 Å². The molecule has 4 nitrogen and oxygen atoms in total. The molecule has 2 aromatic rings. The Morgan fingerprint density at radius 3 is 2.95 bits per heavy atom. The van der Waals surface area contributed by atoms with E-state index < -0.39 is 0 Å². The summed E-state index contributed by atoms with van der Waals surface area (Å²) < 4.78 is 1.78. The normalized spacial score (nSPS) is 11.4. The second-order valence-electron chi connectivity index (χ2n) is 3.88. The fraction of sp³-hybridized carbons (Fsp3) is 0.0714. The van der Waals surface area contributed by atoms with Crippen LogP contribution in [0.1, 0.15) is 5.56 Å². The Kier molecular flexibility index (Phi) is 5.24. The molecule has 2 rings (SSSR count). The van der Waals surface area contributed by atoms with Gasteiger partial charge in [0.05, 0.1) is 23.7 Å². The van der Waals surface area contributed by atoms with Crippen LogP contribution < -0.4 is 5.48 Å². The van der Waals surface area contributed by atoms with E-state index in [-0.39, 0.29) is 0 Å². The van der Waals surface area contributed by atoms with Gasteiger partial charge in [0.1, 0.15) is 0 Å². The van der Waals surface area contributed by atoms with Crippen LogP contribution in [-0.2, 0) is 4.84 Å². The Labute approximate surface area is 127 Å². The molecular formula is C14H13Cl2N3O. The van der Waals surface area contributed by atoms with Crippen molar-refractivity contribution in [3.05, 3.63) is 65.2 Å². The van der Waals surface area contributed by atoms with E-state index >= 15 is 0 Å². The molecule has 0 radical (unpaired) electrons. The van der Waals surface area contributed by atoms with E-state index in [1.54, 1.807) is 41.5 Å². The van der Waals surface area contributed by atoms with Gasteiger partial charge in [-0.15, -0.1) is 6.58 Å². The van der Waals surface area contributed by atoms with Crippen molar-refractivity contribution in [1.29, 1.82) is 0 Å². The first kappa shape index (κ1) is 14.7. The topological polar surface area (TPSA) is 39.1 Å². The lowest BCUT2D eigenvalue weighted by Crippen LogP contribution is -2.14. The smallest absolute Gasteiger partial charge is 0.0987 e. The first-order valence-corrected chi connectivity index (χ1v) is 6.59. The molecule has 1 aromatic heterocycles. The molecule has 1 N–H and O–H groups in total. The van der Waals surface area contributed by atoms with Crippen LogP contribution in [0.2, 0.25) is 10.0 Å². The highest BCUT2D eigenvalue weighted by atomic mass is 35.5. The standard InChI is InChI=1S/C14H13Cl2N3O/c1-2-7-20-18-14(9-19-6-5-17-10-19)12-4-3-11(15)8-13(12)16/h2-6,8-10,18H,1,7H2. The van der Waals surface area contributed by atoms with Crippen molar-refractivity contribution in [2.24, 2.45) is 0 Å². The summed E-state index contributed by atoms with van der Waals surface area (Å²) in [5.41, 5.74) is 4.31. The molecule has 0 aliphatic carbocycles. The third-order valence-electron chi connectivity index (χ3n) is 2.41. The Morgan fingerprint density at radius 1 is 1.45 bits per heavy atom. The maximum atomic E-state index is 6.21. The van der Waals surface area contributed by atoms with Crippen LogP contribution in [0.3, 0.4) is 0 Å². The van der Waals surface area contributed by atoms with E-state index in [0.717, 1.165) is 5.56 Å². The van der Waals surface area contributed by atoms with Crippen LogP contribution in [0, 0.1) is 0 Å². The molecule has 0 bridgehead atoms. The van der Waals surface area contributed by atoms with Gasteiger partial charge in [-0.3, -0.25) is 10.3 Å². The van der Waals surface area contributed by atoms with Gasteiger partial charge >= 0.3 is 0 Å². The van der Waals surface area contributed by atoms with Crippen LogP contribution in [0.25, 0.3) is 11.9 Å². The molecule has 0 amide bonds. The van der Waals surface area contributed by atoms with Crippen molar-refractivity contribution in [3.63, 3.8) is 0 Å². The highest BCUT2D eigenvalue weighted by molar-refractivity contribution is 6.35. The number of benzene rings is 1. The lowest BCUT2D eigenvalue weighted by Gasteiger charge is -2.12. The van der Waals surface area contributed by atoms with Crippen LogP contribution in [0.4, 0.5) is 0 Å². The number of nitrogens with one attached hydrogen (secondary N) is 1. The highest BCUT2D eigenvalue weighted by Crippen LogP contribution is 2.26. The summed E-state index contributed by atoms with van der Waals surface area (Å²) in [5, 5.41) is 1.10. The zero-order chi connectivity index (χ0) is 14.4. The summed E-state index contributed by atoms with van der Waals surface area (Å²) in [6.45, 7) is 3.96. The number of aromatic nitrogens is 2. The van der Waals surface area contributed by atoms with E-state index in [0.29, 0.717) is 22.3 Å². The molecule has 0 aliphatic rings. The molecule has 1 heterocycles. The van der Waals surface area contributed by atoms with E-state index in [1.807, 2.05) is 12.3 Å². The number of hydrogen-bond acceptors (Lipinski definition) is 3. The molecule has 0 fully saturated rings. The van der Waals surface area contributed by atoms with Gasteiger partial charge in [-0.05, 0) is 18.2 Å². The molecule has 6 heteroatoms. The fourth-order valence-electron chi connectivity index (χ4n) is 1.53. The van der Waals surface area contributed by atoms with E-state index in [9.17, 15) is 0 Å². The second-order valence-corrected chi connectivity index (χ2v) is 4.72. The third kappa shape index (κ3) is 3.87. The minimum atomic E-state index is 0.368. The average Bonchev–Trinajstić information content (AvgIpc) is 2.91. The van der Waals surface area contributed by atoms with Crippen molar-refractivity contribution in [3.8, 4) is 0 Å². The number of imidazole rings is 1. The maximum absolute atomic E-state index is 6.21. The molecule has 104 valence electrons. The molecule has 0 unspecified atom stereocenters. The van der Waals surface area contributed by atoms with Crippen LogP contribution >= 0.6 is 23.2 Å². The van der Waals surface area contributed by atoms with Gasteiger partial charge in [0, 0.05) is 29.2 Å². The average molecular weight is 310 g/mol. The summed E-state index contributed by atoms with van der Waals surface area (Å²) in [7, 11) is 0. The van der Waals surface area contributed by atoms with Gasteiger partial charge in [-0.25, -0.2) is 4.98 Å². The number of hydrogen-bond donors (Lipinski definition) is 1. The van der Waals surface area contributed by atoms with Crippen LogP contribution in [0.15, 0.2) is 49.6 Å². The fourth-order valence-corrected chi connectivity index (χ4v) is 2.04. The number of halogens is 2. The largest absolute Gasteiger partial charge is 0.311 e. The highest BCUT2D eigenvalue weighted by Gasteiger charge is 2.08. The van der Waals surface area contributed by atoms with Gasteiger partial charge in [0.2, 0.25) is 0 Å². The van der Waals surface area contributed by atoms with Crippen molar-refractivity contribution in [2.75, 3.05) is 6.61 Å². The van der Waals surface area contributed by atoms with Crippen LogP contribution in [0.5, 0.6) is 0 Å². The number of nitrogens with zero attached hydrogens (tertiary/aromatic N) is 2. The third-order valence-corrected chi connectivity index (χ3v) is 2.96. The molecule has 0 saturated heterocycles. The second kappa shape index (κ2) is 7.14. The van der Waals surface area contributed by atoms with Crippen molar-refractivity contribution < 1.29 is 4.84 Å². The summed E-state index contributed by atoms with van der Waals surface area (Å²) >= 11 is 12.1. The SMILES string of the molecule is C=CCONC(=Cn1ccnc1)c1ccc(Cl)cc1Cl. The maximum Gasteiger partial charge on any atom is 0.0987 e. The van der Waals surface area contributed by atoms with E-state index in [4.69, 9.17) is 28.0 Å². The van der Waals surface area contributed by atoms with Crippen molar-refractivity contribution in [2.45, 2.75) is 0 Å². The van der Waals surface area contributed by atoms with Crippen molar-refractivity contribution >= 4 is 35.1 Å². The minimum Gasteiger partial charge on any atom is -0.311 e. The lowest BCUT2D eigenvalue weighted by atomic mass is 10.2. The Morgan fingerprint density at radius 2 is 2.30 bits per heavy atom. The molecule has 0 spiro atoms. The Bertz CT molecular complexity index is 609. The van der Waals surface area contributed by atoms with Gasteiger partial charge in [0.25, 0.3) is 0 Å². The summed E-state index contributed by atoms with van der Waals surface area (Å²) in [4.78, 5) is 9.25. The first-order chi connectivity index (χ1) is 9.70. The van der Waals surface area contributed by atoms with Gasteiger partial charge in [-0.1, -0.05) is 29.3 Å². The zero-order valence-corrected chi connectivity index (χ0v) is 12.1. The Balaban J connectivity index is 2.32.